The van der Waals surface area contributed by atoms with Gasteiger partial charge in [0.05, 0.1) is 0 Å². The van der Waals surface area contributed by atoms with E-state index in [1.54, 1.807) is 0 Å². The second-order valence-corrected chi connectivity index (χ2v) is 5.63. The van der Waals surface area contributed by atoms with Crippen LogP contribution in [0.3, 0.4) is 0 Å². The molecule has 0 fully saturated rings. The van der Waals surface area contributed by atoms with Gasteiger partial charge in [0, 0.05) is 29.6 Å². The van der Waals surface area contributed by atoms with Gasteiger partial charge in [-0.25, -0.2) is 0 Å². The Bertz CT molecular complexity index is 471. The number of carbonyl (C=O) groups is 2. The Morgan fingerprint density at radius 2 is 1.89 bits per heavy atom. The number of hydrogen-bond donors (Lipinski definition) is 3. The lowest BCUT2D eigenvalue weighted by atomic mass is 9.96. The van der Waals surface area contributed by atoms with Crippen molar-refractivity contribution in [2.24, 2.45) is 5.41 Å². The Hall–Kier alpha value is -1.85. The minimum absolute atomic E-state index is 0.0629. The van der Waals surface area contributed by atoms with E-state index in [1.807, 2.05) is 34.6 Å². The highest BCUT2D eigenvalue weighted by atomic mass is 16.2. The molecule has 3 N–H and O–H groups in total. The molecule has 0 radical (unpaired) electrons. The average Bonchev–Trinajstić information content (AvgIpc) is 2.59. The third-order valence-electron chi connectivity index (χ3n) is 2.83. The molecule has 2 amide bonds. The highest BCUT2D eigenvalue weighted by Crippen LogP contribution is 2.14. The van der Waals surface area contributed by atoms with Gasteiger partial charge < -0.3 is 10.6 Å². The molecule has 0 unspecified atom stereocenters. The molecule has 6 heteroatoms. The van der Waals surface area contributed by atoms with E-state index in [1.165, 1.54) is 0 Å². The van der Waals surface area contributed by atoms with Crippen LogP contribution in [-0.4, -0.2) is 28.6 Å². The molecular formula is C13H22N4O2. The van der Waals surface area contributed by atoms with Crippen LogP contribution in [0, 0.1) is 19.3 Å². The molecule has 0 saturated heterocycles. The van der Waals surface area contributed by atoms with Crippen molar-refractivity contribution in [3.05, 3.63) is 11.3 Å². The van der Waals surface area contributed by atoms with Gasteiger partial charge in [0.1, 0.15) is 0 Å². The van der Waals surface area contributed by atoms with E-state index in [9.17, 15) is 9.59 Å². The standard InChI is InChI=1S/C13H22N4O2/c1-8-9(2)16-17-11(8)15-10(18)6-7-14-12(19)13(3,4)5/h6-7H2,1-5H3,(H,14,19)(H2,15,16,17,18). The van der Waals surface area contributed by atoms with Crippen LogP contribution >= 0.6 is 0 Å². The van der Waals surface area contributed by atoms with Crippen molar-refractivity contribution in [3.8, 4) is 0 Å². The molecule has 0 aliphatic rings. The molecule has 6 nitrogen and oxygen atoms in total. The van der Waals surface area contributed by atoms with E-state index < -0.39 is 5.41 Å². The summed E-state index contributed by atoms with van der Waals surface area (Å²) < 4.78 is 0. The number of anilines is 1. The lowest BCUT2D eigenvalue weighted by Crippen LogP contribution is -2.36. The highest BCUT2D eigenvalue weighted by Gasteiger charge is 2.20. The zero-order valence-electron chi connectivity index (χ0n) is 12.2. The number of aromatic amines is 1. The predicted molar refractivity (Wildman–Crippen MR) is 73.8 cm³/mol. The van der Waals surface area contributed by atoms with E-state index >= 15 is 0 Å². The molecule has 19 heavy (non-hydrogen) atoms. The zero-order chi connectivity index (χ0) is 14.6. The highest BCUT2D eigenvalue weighted by molar-refractivity contribution is 5.91. The van der Waals surface area contributed by atoms with Crippen LogP contribution < -0.4 is 10.6 Å². The molecule has 106 valence electrons. The molecule has 0 aliphatic heterocycles. The van der Waals surface area contributed by atoms with Crippen molar-refractivity contribution in [2.75, 3.05) is 11.9 Å². The molecule has 1 aromatic heterocycles. The summed E-state index contributed by atoms with van der Waals surface area (Å²) in [7, 11) is 0. The van der Waals surface area contributed by atoms with Gasteiger partial charge in [-0.3, -0.25) is 14.7 Å². The van der Waals surface area contributed by atoms with Crippen molar-refractivity contribution in [1.82, 2.24) is 15.5 Å². The first kappa shape index (κ1) is 15.2. The summed E-state index contributed by atoms with van der Waals surface area (Å²) in [5.41, 5.74) is 1.41. The molecule has 0 bridgehead atoms. The van der Waals surface area contributed by atoms with Gasteiger partial charge in [0.25, 0.3) is 0 Å². The van der Waals surface area contributed by atoms with E-state index in [2.05, 4.69) is 20.8 Å². The minimum atomic E-state index is -0.438. The maximum absolute atomic E-state index is 11.7. The normalized spacial score (nSPS) is 11.2. The van der Waals surface area contributed by atoms with Gasteiger partial charge in [-0.1, -0.05) is 20.8 Å². The molecule has 0 spiro atoms. The third kappa shape index (κ3) is 4.39. The Balaban J connectivity index is 2.37. The summed E-state index contributed by atoms with van der Waals surface area (Å²) in [6.07, 6.45) is 0.229. The van der Waals surface area contributed by atoms with E-state index in [0.717, 1.165) is 11.3 Å². The first-order valence-corrected chi connectivity index (χ1v) is 6.31. The van der Waals surface area contributed by atoms with Gasteiger partial charge in [0.2, 0.25) is 11.8 Å². The minimum Gasteiger partial charge on any atom is -0.355 e. The van der Waals surface area contributed by atoms with Crippen LogP contribution in [0.25, 0.3) is 0 Å². The zero-order valence-corrected chi connectivity index (χ0v) is 12.2. The van der Waals surface area contributed by atoms with Gasteiger partial charge in [-0.15, -0.1) is 0 Å². The van der Waals surface area contributed by atoms with Crippen molar-refractivity contribution < 1.29 is 9.59 Å². The summed E-state index contributed by atoms with van der Waals surface area (Å²) >= 11 is 0. The number of H-pyrrole nitrogens is 1. The number of amides is 2. The molecular weight excluding hydrogens is 244 g/mol. The second kappa shape index (κ2) is 5.86. The lowest BCUT2D eigenvalue weighted by Gasteiger charge is -2.17. The first-order chi connectivity index (χ1) is 8.71. The van der Waals surface area contributed by atoms with Gasteiger partial charge >= 0.3 is 0 Å². The summed E-state index contributed by atoms with van der Waals surface area (Å²) in [4.78, 5) is 23.3. The topological polar surface area (TPSA) is 86.9 Å². The smallest absolute Gasteiger partial charge is 0.227 e. The molecule has 1 aromatic rings. The summed E-state index contributed by atoms with van der Waals surface area (Å²) in [5, 5.41) is 12.2. The molecule has 0 aliphatic carbocycles. The molecule has 0 saturated carbocycles. The van der Waals surface area contributed by atoms with Crippen LogP contribution in [0.15, 0.2) is 0 Å². The average molecular weight is 266 g/mol. The second-order valence-electron chi connectivity index (χ2n) is 5.63. The van der Waals surface area contributed by atoms with Crippen molar-refractivity contribution in [1.29, 1.82) is 0 Å². The summed E-state index contributed by atoms with van der Waals surface area (Å²) in [6, 6.07) is 0. The van der Waals surface area contributed by atoms with E-state index in [4.69, 9.17) is 0 Å². The van der Waals surface area contributed by atoms with Crippen molar-refractivity contribution in [2.45, 2.75) is 41.0 Å². The van der Waals surface area contributed by atoms with Crippen LogP contribution in [0.5, 0.6) is 0 Å². The summed E-state index contributed by atoms with van der Waals surface area (Å²) in [5.74, 6) is 0.320. The van der Waals surface area contributed by atoms with Crippen LogP contribution in [0.1, 0.15) is 38.4 Å². The maximum atomic E-state index is 11.7. The largest absolute Gasteiger partial charge is 0.355 e. The Labute approximate surface area is 113 Å². The lowest BCUT2D eigenvalue weighted by molar-refractivity contribution is -0.128. The van der Waals surface area contributed by atoms with E-state index in [0.29, 0.717) is 12.4 Å². The molecule has 1 rings (SSSR count). The maximum Gasteiger partial charge on any atom is 0.227 e. The fourth-order valence-electron chi connectivity index (χ4n) is 1.36. The number of aromatic nitrogens is 2. The van der Waals surface area contributed by atoms with Gasteiger partial charge in [-0.2, -0.15) is 5.10 Å². The summed E-state index contributed by atoms with van der Waals surface area (Å²) in [6.45, 7) is 9.59. The third-order valence-corrected chi connectivity index (χ3v) is 2.83. The fourth-order valence-corrected chi connectivity index (χ4v) is 1.36. The van der Waals surface area contributed by atoms with Crippen LogP contribution in [0.2, 0.25) is 0 Å². The Morgan fingerprint density at radius 1 is 1.26 bits per heavy atom. The number of nitrogens with zero attached hydrogens (tertiary/aromatic N) is 1. The van der Waals surface area contributed by atoms with Crippen molar-refractivity contribution >= 4 is 17.6 Å². The number of hydrogen-bond acceptors (Lipinski definition) is 3. The number of nitrogens with one attached hydrogen (secondary N) is 3. The fraction of sp³-hybridized carbons (Fsp3) is 0.615. The van der Waals surface area contributed by atoms with Gasteiger partial charge in [-0.05, 0) is 13.8 Å². The van der Waals surface area contributed by atoms with Crippen LogP contribution in [-0.2, 0) is 9.59 Å². The number of aryl methyl sites for hydroxylation is 1. The quantitative estimate of drug-likeness (QED) is 0.772. The monoisotopic (exact) mass is 266 g/mol. The van der Waals surface area contributed by atoms with E-state index in [-0.39, 0.29) is 18.2 Å². The van der Waals surface area contributed by atoms with Gasteiger partial charge in [0.15, 0.2) is 5.82 Å². The first-order valence-electron chi connectivity index (χ1n) is 6.31. The van der Waals surface area contributed by atoms with Crippen molar-refractivity contribution in [3.63, 3.8) is 0 Å². The predicted octanol–water partition coefficient (Wildman–Crippen LogP) is 1.52. The molecule has 1 heterocycles. The number of carbonyl (C=O) groups excluding carboxylic acids is 2. The SMILES string of the molecule is Cc1[nH]nc(NC(=O)CCNC(=O)C(C)(C)C)c1C. The van der Waals surface area contributed by atoms with Crippen LogP contribution in [0.4, 0.5) is 5.82 Å². The molecule has 0 atom stereocenters. The molecule has 0 aromatic carbocycles. The number of rotatable bonds is 4. The Kier molecular flexibility index (Phi) is 4.69. The Morgan fingerprint density at radius 3 is 2.37 bits per heavy atom.